The summed E-state index contributed by atoms with van der Waals surface area (Å²) >= 11 is 9.06. The zero-order valence-corrected chi connectivity index (χ0v) is 9.82. The smallest absolute Gasteiger partial charge is 0.176 e. The third-order valence-corrected chi connectivity index (χ3v) is 2.32. The Bertz CT molecular complexity index is 313. The average Bonchev–Trinajstić information content (AvgIpc) is 2.01. The Morgan fingerprint density at radius 3 is 2.54 bits per heavy atom. The summed E-state index contributed by atoms with van der Waals surface area (Å²) < 4.78 is 0. The first-order valence-corrected chi connectivity index (χ1v) is 5.25. The Hall–Kier alpha value is -0.340. The summed E-state index contributed by atoms with van der Waals surface area (Å²) in [4.78, 5) is 11.4. The molecule has 0 amide bonds. The van der Waals surface area contributed by atoms with Crippen molar-refractivity contribution in [2.45, 2.75) is 18.7 Å². The van der Waals surface area contributed by atoms with Crippen molar-refractivity contribution in [1.82, 2.24) is 0 Å². The number of hydrogen-bond donors (Lipinski definition) is 0. The normalized spacial score (nSPS) is 12.6. The maximum Gasteiger partial charge on any atom is 0.176 e. The van der Waals surface area contributed by atoms with E-state index in [1.807, 2.05) is 19.1 Å². The third kappa shape index (κ3) is 2.82. The van der Waals surface area contributed by atoms with E-state index in [1.165, 1.54) is 0 Å². The van der Waals surface area contributed by atoms with Crippen molar-refractivity contribution >= 4 is 33.3 Å². The third-order valence-electron chi connectivity index (χ3n) is 1.69. The van der Waals surface area contributed by atoms with Gasteiger partial charge in [-0.3, -0.25) is 4.79 Å². The minimum absolute atomic E-state index is 0.0607. The van der Waals surface area contributed by atoms with Crippen LogP contribution in [0.4, 0.5) is 0 Å². The minimum Gasteiger partial charge on any atom is -0.293 e. The maximum atomic E-state index is 11.5. The van der Waals surface area contributed by atoms with Gasteiger partial charge in [-0.15, -0.1) is 0 Å². The summed E-state index contributed by atoms with van der Waals surface area (Å²) in [5.74, 6) is 0.0607. The van der Waals surface area contributed by atoms with Gasteiger partial charge >= 0.3 is 0 Å². The quantitative estimate of drug-likeness (QED) is 0.587. The van der Waals surface area contributed by atoms with E-state index in [0.29, 0.717) is 10.6 Å². The van der Waals surface area contributed by atoms with Crippen LogP contribution in [-0.2, 0) is 0 Å². The topological polar surface area (TPSA) is 17.1 Å². The molecule has 1 aromatic carbocycles. The summed E-state index contributed by atoms with van der Waals surface area (Å²) in [7, 11) is 0. The Balaban J connectivity index is 3.08. The largest absolute Gasteiger partial charge is 0.293 e. The molecule has 1 rings (SSSR count). The molecule has 1 atom stereocenters. The van der Waals surface area contributed by atoms with Gasteiger partial charge in [0.2, 0.25) is 0 Å². The number of rotatable bonds is 2. The summed E-state index contributed by atoms with van der Waals surface area (Å²) in [5.41, 5.74) is 1.67. The molecular formula is C10H10BrClO. The summed E-state index contributed by atoms with van der Waals surface area (Å²) in [6, 6.07) is 5.36. The highest BCUT2D eigenvalue weighted by Gasteiger charge is 2.12. The van der Waals surface area contributed by atoms with Crippen molar-refractivity contribution in [2.24, 2.45) is 0 Å². The van der Waals surface area contributed by atoms with Crippen molar-refractivity contribution in [2.75, 3.05) is 0 Å². The Kier molecular flexibility index (Phi) is 3.51. The average molecular weight is 262 g/mol. The molecule has 0 aliphatic heterocycles. The lowest BCUT2D eigenvalue weighted by atomic mass is 10.1. The zero-order valence-electron chi connectivity index (χ0n) is 7.47. The lowest BCUT2D eigenvalue weighted by Crippen LogP contribution is -2.09. The molecule has 0 N–H and O–H groups in total. The van der Waals surface area contributed by atoms with Crippen LogP contribution in [0.5, 0.6) is 0 Å². The number of halogens is 2. The Morgan fingerprint density at radius 2 is 2.08 bits per heavy atom. The second-order valence-electron chi connectivity index (χ2n) is 3.00. The first-order valence-electron chi connectivity index (χ1n) is 3.96. The SMILES string of the molecule is Cc1cc(Cl)cc(C(=O)C(C)Br)c1. The molecule has 1 unspecified atom stereocenters. The number of aryl methyl sites for hydroxylation is 1. The van der Waals surface area contributed by atoms with E-state index in [0.717, 1.165) is 5.56 Å². The molecule has 0 aliphatic carbocycles. The van der Waals surface area contributed by atoms with E-state index in [9.17, 15) is 4.79 Å². The molecule has 1 aromatic rings. The molecule has 0 radical (unpaired) electrons. The molecule has 0 saturated heterocycles. The fourth-order valence-electron chi connectivity index (χ4n) is 1.11. The second-order valence-corrected chi connectivity index (χ2v) is 4.81. The van der Waals surface area contributed by atoms with Gasteiger partial charge in [0.25, 0.3) is 0 Å². The maximum absolute atomic E-state index is 11.5. The Morgan fingerprint density at radius 1 is 1.46 bits per heavy atom. The number of benzene rings is 1. The molecule has 1 nitrogen and oxygen atoms in total. The van der Waals surface area contributed by atoms with Gasteiger partial charge in [0.05, 0.1) is 4.83 Å². The zero-order chi connectivity index (χ0) is 10.0. The molecule has 70 valence electrons. The van der Waals surface area contributed by atoms with Crippen molar-refractivity contribution in [1.29, 1.82) is 0 Å². The van der Waals surface area contributed by atoms with Crippen LogP contribution in [-0.4, -0.2) is 10.6 Å². The van der Waals surface area contributed by atoms with E-state index in [4.69, 9.17) is 11.6 Å². The van der Waals surface area contributed by atoms with Crippen molar-refractivity contribution in [3.63, 3.8) is 0 Å². The van der Waals surface area contributed by atoms with Gasteiger partial charge in [-0.25, -0.2) is 0 Å². The predicted octanol–water partition coefficient (Wildman–Crippen LogP) is 3.61. The van der Waals surface area contributed by atoms with Gasteiger partial charge in [0, 0.05) is 10.6 Å². The van der Waals surface area contributed by atoms with Crippen LogP contribution in [0.2, 0.25) is 5.02 Å². The summed E-state index contributed by atoms with van der Waals surface area (Å²) in [6.07, 6.45) is 0. The van der Waals surface area contributed by atoms with E-state index in [1.54, 1.807) is 13.0 Å². The number of carbonyl (C=O) groups is 1. The van der Waals surface area contributed by atoms with Crippen LogP contribution in [0.1, 0.15) is 22.8 Å². The second kappa shape index (κ2) is 4.25. The molecule has 0 saturated carbocycles. The van der Waals surface area contributed by atoms with Crippen molar-refractivity contribution in [3.05, 3.63) is 34.3 Å². The highest BCUT2D eigenvalue weighted by Crippen LogP contribution is 2.17. The van der Waals surface area contributed by atoms with Crippen LogP contribution in [0.25, 0.3) is 0 Å². The molecular weight excluding hydrogens is 251 g/mol. The van der Waals surface area contributed by atoms with E-state index < -0.39 is 0 Å². The lowest BCUT2D eigenvalue weighted by Gasteiger charge is -2.04. The van der Waals surface area contributed by atoms with Crippen LogP contribution in [0.3, 0.4) is 0 Å². The summed E-state index contributed by atoms with van der Waals surface area (Å²) in [5, 5.41) is 0.608. The fraction of sp³-hybridized carbons (Fsp3) is 0.300. The van der Waals surface area contributed by atoms with Gasteiger partial charge in [-0.1, -0.05) is 27.5 Å². The fourth-order valence-corrected chi connectivity index (χ4v) is 1.66. The molecule has 0 fully saturated rings. The van der Waals surface area contributed by atoms with E-state index >= 15 is 0 Å². The number of ketones is 1. The lowest BCUT2D eigenvalue weighted by molar-refractivity contribution is 0.0996. The monoisotopic (exact) mass is 260 g/mol. The van der Waals surface area contributed by atoms with Crippen LogP contribution in [0, 0.1) is 6.92 Å². The molecule has 3 heteroatoms. The van der Waals surface area contributed by atoms with Crippen molar-refractivity contribution < 1.29 is 4.79 Å². The summed E-state index contributed by atoms with van der Waals surface area (Å²) in [6.45, 7) is 3.72. The van der Waals surface area contributed by atoms with Gasteiger partial charge in [0.15, 0.2) is 5.78 Å². The molecule has 0 bridgehead atoms. The van der Waals surface area contributed by atoms with Gasteiger partial charge in [-0.2, -0.15) is 0 Å². The van der Waals surface area contributed by atoms with Gasteiger partial charge in [0.1, 0.15) is 0 Å². The molecule has 0 aliphatic rings. The molecule has 0 aromatic heterocycles. The number of Topliss-reactive ketones (excluding diaryl/α,β-unsaturated/α-hetero) is 1. The molecule has 13 heavy (non-hydrogen) atoms. The highest BCUT2D eigenvalue weighted by molar-refractivity contribution is 9.10. The first-order chi connectivity index (χ1) is 6.00. The molecule has 0 spiro atoms. The van der Waals surface area contributed by atoms with Crippen molar-refractivity contribution in [3.8, 4) is 0 Å². The minimum atomic E-state index is -0.162. The number of alkyl halides is 1. The van der Waals surface area contributed by atoms with Crippen LogP contribution in [0.15, 0.2) is 18.2 Å². The number of carbonyl (C=O) groups excluding carboxylic acids is 1. The predicted molar refractivity (Wildman–Crippen MR) is 58.9 cm³/mol. The number of hydrogen-bond acceptors (Lipinski definition) is 1. The molecule has 0 heterocycles. The Labute approximate surface area is 91.2 Å². The highest BCUT2D eigenvalue weighted by atomic mass is 79.9. The standard InChI is InChI=1S/C10H10BrClO/c1-6-3-8(5-9(12)4-6)10(13)7(2)11/h3-5,7H,1-2H3. The van der Waals surface area contributed by atoms with E-state index in [2.05, 4.69) is 15.9 Å². The van der Waals surface area contributed by atoms with Crippen LogP contribution >= 0.6 is 27.5 Å². The van der Waals surface area contributed by atoms with Crippen LogP contribution < -0.4 is 0 Å². The van der Waals surface area contributed by atoms with Gasteiger partial charge in [-0.05, 0) is 37.6 Å². The van der Waals surface area contributed by atoms with E-state index in [-0.39, 0.29) is 10.6 Å². The first kappa shape index (κ1) is 10.7. The van der Waals surface area contributed by atoms with Gasteiger partial charge < -0.3 is 0 Å².